The molecule has 0 heterocycles. The molecule has 2 nitrogen and oxygen atoms in total. The van der Waals surface area contributed by atoms with Gasteiger partial charge in [0.2, 0.25) is 0 Å². The molecule has 0 aliphatic carbocycles. The van der Waals surface area contributed by atoms with Crippen molar-refractivity contribution in [1.82, 2.24) is 0 Å². The average molecular weight is 689 g/mol. The van der Waals surface area contributed by atoms with Crippen LogP contribution in [0, 0.1) is 0 Å². The molecule has 0 atom stereocenters. The summed E-state index contributed by atoms with van der Waals surface area (Å²) < 4.78 is 0. The summed E-state index contributed by atoms with van der Waals surface area (Å²) in [7, 11) is 0. The van der Waals surface area contributed by atoms with E-state index in [-0.39, 0.29) is 0 Å². The molecule has 0 bridgehead atoms. The monoisotopic (exact) mass is 688 g/mol. The summed E-state index contributed by atoms with van der Waals surface area (Å²) in [6.07, 6.45) is 0. The van der Waals surface area contributed by atoms with Crippen LogP contribution in [0.5, 0.6) is 0 Å². The van der Waals surface area contributed by atoms with Crippen molar-refractivity contribution in [3.8, 4) is 33.4 Å². The van der Waals surface area contributed by atoms with Crippen LogP contribution in [-0.4, -0.2) is 0 Å². The van der Waals surface area contributed by atoms with Crippen LogP contribution in [-0.2, 0) is 0 Å². The van der Waals surface area contributed by atoms with Crippen molar-refractivity contribution in [3.05, 3.63) is 212 Å². The highest BCUT2D eigenvalue weighted by Crippen LogP contribution is 2.47. The van der Waals surface area contributed by atoms with E-state index in [4.69, 9.17) is 0 Å². The van der Waals surface area contributed by atoms with E-state index in [9.17, 15) is 0 Å². The van der Waals surface area contributed by atoms with Gasteiger partial charge in [0.05, 0.1) is 5.69 Å². The second-order valence-electron chi connectivity index (χ2n) is 13.8. The first-order chi connectivity index (χ1) is 26.8. The molecule has 0 aliphatic rings. The Kier molecular flexibility index (Phi) is 7.85. The number of nitrogens with one attached hydrogen (secondary N) is 1. The fourth-order valence-corrected chi connectivity index (χ4v) is 8.08. The van der Waals surface area contributed by atoms with Crippen molar-refractivity contribution in [3.63, 3.8) is 0 Å². The van der Waals surface area contributed by atoms with Crippen molar-refractivity contribution in [2.45, 2.75) is 0 Å². The van der Waals surface area contributed by atoms with Crippen LogP contribution >= 0.6 is 0 Å². The minimum Gasteiger partial charge on any atom is -0.355 e. The standard InChI is InChI=1S/C52H36N2/c1-4-15-36(16-5-1)39-20-12-22-42(33-39)53-49-28-11-10-26-45(49)48-35-41-30-32-50(47-31-29-38-19-14-27-46(48)51(38)52(41)47)54(43-23-8-3-9-24-43)44-25-13-21-40(34-44)37-17-6-2-7-18-37/h1-35,53H. The zero-order valence-electron chi connectivity index (χ0n) is 29.7. The predicted molar refractivity (Wildman–Crippen MR) is 231 cm³/mol. The average Bonchev–Trinajstić information content (AvgIpc) is 3.25. The van der Waals surface area contributed by atoms with Gasteiger partial charge in [0, 0.05) is 33.7 Å². The van der Waals surface area contributed by atoms with Crippen molar-refractivity contribution in [1.29, 1.82) is 0 Å². The van der Waals surface area contributed by atoms with Gasteiger partial charge in [0.15, 0.2) is 0 Å². The molecule has 10 aromatic rings. The second-order valence-corrected chi connectivity index (χ2v) is 13.8. The summed E-state index contributed by atoms with van der Waals surface area (Å²) in [5, 5.41) is 11.3. The Hall–Kier alpha value is -7.16. The summed E-state index contributed by atoms with van der Waals surface area (Å²) in [5.74, 6) is 0. The van der Waals surface area contributed by atoms with Crippen molar-refractivity contribution in [2.24, 2.45) is 0 Å². The fraction of sp³-hybridized carbons (Fsp3) is 0. The molecule has 10 rings (SSSR count). The summed E-state index contributed by atoms with van der Waals surface area (Å²) in [6.45, 7) is 0. The molecule has 0 unspecified atom stereocenters. The third kappa shape index (κ3) is 5.62. The molecule has 0 saturated heterocycles. The van der Waals surface area contributed by atoms with Crippen LogP contribution in [0.1, 0.15) is 0 Å². The van der Waals surface area contributed by atoms with Gasteiger partial charge in [-0.3, -0.25) is 0 Å². The van der Waals surface area contributed by atoms with Gasteiger partial charge >= 0.3 is 0 Å². The van der Waals surface area contributed by atoms with Gasteiger partial charge in [0.25, 0.3) is 0 Å². The molecular formula is C52H36N2. The Balaban J connectivity index is 1.13. The first-order valence-corrected chi connectivity index (χ1v) is 18.5. The van der Waals surface area contributed by atoms with Crippen LogP contribution in [0.4, 0.5) is 28.4 Å². The predicted octanol–water partition coefficient (Wildman–Crippen LogP) is 14.8. The van der Waals surface area contributed by atoms with E-state index in [1.165, 1.54) is 65.7 Å². The van der Waals surface area contributed by atoms with E-state index in [2.05, 4.69) is 223 Å². The largest absolute Gasteiger partial charge is 0.355 e. The van der Waals surface area contributed by atoms with E-state index in [0.717, 1.165) is 28.4 Å². The van der Waals surface area contributed by atoms with Gasteiger partial charge in [-0.25, -0.2) is 0 Å². The molecule has 2 heteroatoms. The molecule has 0 spiro atoms. The fourth-order valence-electron chi connectivity index (χ4n) is 8.08. The lowest BCUT2D eigenvalue weighted by molar-refractivity contribution is 1.30. The quantitative estimate of drug-likeness (QED) is 0.160. The molecule has 0 aromatic heterocycles. The topological polar surface area (TPSA) is 15.3 Å². The Morgan fingerprint density at radius 3 is 1.70 bits per heavy atom. The smallest absolute Gasteiger partial charge is 0.0540 e. The van der Waals surface area contributed by atoms with Crippen LogP contribution in [0.3, 0.4) is 0 Å². The first-order valence-electron chi connectivity index (χ1n) is 18.5. The Morgan fingerprint density at radius 1 is 0.333 bits per heavy atom. The van der Waals surface area contributed by atoms with Gasteiger partial charge in [-0.05, 0) is 109 Å². The lowest BCUT2D eigenvalue weighted by Gasteiger charge is -2.28. The van der Waals surface area contributed by atoms with E-state index < -0.39 is 0 Å². The van der Waals surface area contributed by atoms with E-state index in [1.54, 1.807) is 0 Å². The molecule has 54 heavy (non-hydrogen) atoms. The summed E-state index contributed by atoms with van der Waals surface area (Å²) in [6, 6.07) is 76.4. The maximum absolute atomic E-state index is 3.79. The Bertz CT molecular complexity index is 2900. The molecule has 0 radical (unpaired) electrons. The highest BCUT2D eigenvalue weighted by atomic mass is 15.1. The summed E-state index contributed by atoms with van der Waals surface area (Å²) >= 11 is 0. The molecule has 0 fully saturated rings. The van der Waals surface area contributed by atoms with Crippen LogP contribution < -0.4 is 10.2 Å². The maximum Gasteiger partial charge on any atom is 0.0540 e. The molecule has 0 aliphatic heterocycles. The highest BCUT2D eigenvalue weighted by Gasteiger charge is 2.21. The number of rotatable bonds is 8. The van der Waals surface area contributed by atoms with Gasteiger partial charge in [-0.15, -0.1) is 0 Å². The van der Waals surface area contributed by atoms with Gasteiger partial charge in [0.1, 0.15) is 0 Å². The Labute approximate surface area is 315 Å². The number of nitrogens with zero attached hydrogens (tertiary/aromatic N) is 1. The van der Waals surface area contributed by atoms with Crippen LogP contribution in [0.15, 0.2) is 212 Å². The van der Waals surface area contributed by atoms with Crippen LogP contribution in [0.2, 0.25) is 0 Å². The van der Waals surface area contributed by atoms with Gasteiger partial charge in [-0.2, -0.15) is 0 Å². The highest BCUT2D eigenvalue weighted by molar-refractivity contribution is 6.29. The minimum absolute atomic E-state index is 1.06. The lowest BCUT2D eigenvalue weighted by atomic mass is 9.87. The molecule has 0 saturated carbocycles. The van der Waals surface area contributed by atoms with Crippen LogP contribution in [0.25, 0.3) is 65.7 Å². The van der Waals surface area contributed by atoms with E-state index in [1.807, 2.05) is 0 Å². The van der Waals surface area contributed by atoms with Crippen molar-refractivity contribution in [2.75, 3.05) is 10.2 Å². The SMILES string of the molecule is c1ccc(-c2cccc(Nc3ccccc3-c3cc4ccc(N(c5ccccc5)c5cccc(-c6ccccc6)c5)c5ccc6cccc3c6c45)c2)cc1. The van der Waals surface area contributed by atoms with E-state index >= 15 is 0 Å². The molecular weight excluding hydrogens is 653 g/mol. The van der Waals surface area contributed by atoms with Gasteiger partial charge < -0.3 is 10.2 Å². The Morgan fingerprint density at radius 2 is 0.926 bits per heavy atom. The third-order valence-corrected chi connectivity index (χ3v) is 10.6. The molecule has 10 aromatic carbocycles. The number of para-hydroxylation sites is 2. The normalized spacial score (nSPS) is 11.3. The zero-order chi connectivity index (χ0) is 35.8. The van der Waals surface area contributed by atoms with Gasteiger partial charge in [-0.1, -0.05) is 158 Å². The van der Waals surface area contributed by atoms with E-state index in [0.29, 0.717) is 0 Å². The maximum atomic E-state index is 3.79. The van der Waals surface area contributed by atoms with Crippen molar-refractivity contribution >= 4 is 60.8 Å². The lowest BCUT2D eigenvalue weighted by Crippen LogP contribution is -2.10. The second kappa shape index (κ2) is 13.4. The van der Waals surface area contributed by atoms with Crippen molar-refractivity contribution < 1.29 is 0 Å². The number of hydrogen-bond acceptors (Lipinski definition) is 2. The number of benzene rings is 10. The number of anilines is 5. The summed E-state index contributed by atoms with van der Waals surface area (Å²) in [5.41, 5.74) is 12.7. The third-order valence-electron chi connectivity index (χ3n) is 10.6. The minimum atomic E-state index is 1.06. The first kappa shape index (κ1) is 31.6. The number of hydrogen-bond donors (Lipinski definition) is 1. The molecule has 0 amide bonds. The molecule has 254 valence electrons. The molecule has 1 N–H and O–H groups in total. The zero-order valence-corrected chi connectivity index (χ0v) is 29.7. The summed E-state index contributed by atoms with van der Waals surface area (Å²) in [4.78, 5) is 2.40.